The fraction of sp³-hybridized carbons (Fsp3) is 0.250. The Balaban J connectivity index is 2.41. The van der Waals surface area contributed by atoms with Gasteiger partial charge in [-0.05, 0) is 25.1 Å². The smallest absolute Gasteiger partial charge is 0.246 e. The zero-order chi connectivity index (χ0) is 13.3. The lowest BCUT2D eigenvalue weighted by Crippen LogP contribution is -2.51. The summed E-state index contributed by atoms with van der Waals surface area (Å²) in [6.07, 6.45) is 0. The molecule has 1 saturated heterocycles. The predicted octanol–water partition coefficient (Wildman–Crippen LogP) is 0.491. The van der Waals surface area contributed by atoms with Gasteiger partial charge in [0.1, 0.15) is 5.82 Å². The van der Waals surface area contributed by atoms with Crippen LogP contribution in [0.2, 0.25) is 0 Å². The number of nitrogens with one attached hydrogen (secondary N) is 1. The van der Waals surface area contributed by atoms with Gasteiger partial charge in [0, 0.05) is 11.3 Å². The highest BCUT2D eigenvalue weighted by atomic mass is 19.1. The molecule has 2 rings (SSSR count). The molecule has 0 saturated carbocycles. The first-order valence-corrected chi connectivity index (χ1v) is 5.35. The Kier molecular flexibility index (Phi) is 3.10. The number of imide groups is 1. The molecule has 0 radical (unpaired) electrons. The fourth-order valence-electron chi connectivity index (χ4n) is 1.87. The molecular formula is C12H11FN2O3. The minimum Gasteiger partial charge on any atom is -0.352 e. The average molecular weight is 250 g/mol. The van der Waals surface area contributed by atoms with Crippen LogP contribution in [0.1, 0.15) is 17.3 Å². The minimum atomic E-state index is -0.531. The van der Waals surface area contributed by atoms with E-state index in [1.54, 1.807) is 0 Å². The molecule has 0 bridgehead atoms. The van der Waals surface area contributed by atoms with Crippen LogP contribution in [0.4, 0.5) is 10.1 Å². The molecule has 1 aromatic carbocycles. The molecule has 1 aromatic rings. The minimum absolute atomic E-state index is 0.0301. The summed E-state index contributed by atoms with van der Waals surface area (Å²) in [5.41, 5.74) is 0.560. The second-order valence-corrected chi connectivity index (χ2v) is 4.05. The molecule has 0 unspecified atom stereocenters. The SMILES string of the molecule is CC(=O)c1cc(F)ccc1N1CC(=O)NC(=O)C1. The summed E-state index contributed by atoms with van der Waals surface area (Å²) < 4.78 is 13.1. The number of anilines is 1. The molecule has 1 aliphatic heterocycles. The van der Waals surface area contributed by atoms with Gasteiger partial charge in [-0.1, -0.05) is 0 Å². The van der Waals surface area contributed by atoms with Crippen molar-refractivity contribution < 1.29 is 18.8 Å². The van der Waals surface area contributed by atoms with Gasteiger partial charge in [-0.25, -0.2) is 4.39 Å². The third kappa shape index (κ3) is 2.37. The number of hydrogen-bond donors (Lipinski definition) is 1. The first kappa shape index (κ1) is 12.2. The number of piperazine rings is 1. The van der Waals surface area contributed by atoms with Crippen molar-refractivity contribution in [3.8, 4) is 0 Å². The molecule has 0 atom stereocenters. The Hall–Kier alpha value is -2.24. The van der Waals surface area contributed by atoms with Gasteiger partial charge in [0.2, 0.25) is 11.8 Å². The van der Waals surface area contributed by atoms with Gasteiger partial charge in [-0.2, -0.15) is 0 Å². The highest BCUT2D eigenvalue weighted by Crippen LogP contribution is 2.22. The van der Waals surface area contributed by atoms with Crippen molar-refractivity contribution in [1.29, 1.82) is 0 Å². The first-order chi connectivity index (χ1) is 8.47. The van der Waals surface area contributed by atoms with E-state index in [4.69, 9.17) is 0 Å². The van der Waals surface area contributed by atoms with Crippen LogP contribution < -0.4 is 10.2 Å². The fourth-order valence-corrected chi connectivity index (χ4v) is 1.87. The maximum absolute atomic E-state index is 13.1. The second kappa shape index (κ2) is 4.56. The molecule has 1 aliphatic rings. The number of carbonyl (C=O) groups is 3. The zero-order valence-electron chi connectivity index (χ0n) is 9.70. The highest BCUT2D eigenvalue weighted by molar-refractivity contribution is 6.05. The van der Waals surface area contributed by atoms with Crippen LogP contribution in [0, 0.1) is 5.82 Å². The molecule has 1 heterocycles. The first-order valence-electron chi connectivity index (χ1n) is 5.35. The van der Waals surface area contributed by atoms with Gasteiger partial charge >= 0.3 is 0 Å². The number of nitrogens with zero attached hydrogens (tertiary/aromatic N) is 1. The van der Waals surface area contributed by atoms with E-state index in [1.165, 1.54) is 24.0 Å². The quantitative estimate of drug-likeness (QED) is 0.613. The van der Waals surface area contributed by atoms with E-state index < -0.39 is 17.6 Å². The number of hydrogen-bond acceptors (Lipinski definition) is 4. The topological polar surface area (TPSA) is 66.5 Å². The largest absolute Gasteiger partial charge is 0.352 e. The van der Waals surface area contributed by atoms with Gasteiger partial charge in [-0.15, -0.1) is 0 Å². The van der Waals surface area contributed by atoms with Gasteiger partial charge in [0.25, 0.3) is 0 Å². The standard InChI is InChI=1S/C12H11FN2O3/c1-7(16)9-4-8(13)2-3-10(9)15-5-11(17)14-12(18)6-15/h2-4H,5-6H2,1H3,(H,14,17,18). The Morgan fingerprint density at radius 3 is 2.44 bits per heavy atom. The molecule has 1 N–H and O–H groups in total. The van der Waals surface area contributed by atoms with Gasteiger partial charge < -0.3 is 4.90 Å². The monoisotopic (exact) mass is 250 g/mol. The van der Waals surface area contributed by atoms with Crippen molar-refractivity contribution in [1.82, 2.24) is 5.32 Å². The van der Waals surface area contributed by atoms with Crippen LogP contribution in [0.15, 0.2) is 18.2 Å². The summed E-state index contributed by atoms with van der Waals surface area (Å²) in [6, 6.07) is 3.70. The summed E-state index contributed by atoms with van der Waals surface area (Å²) in [5, 5.41) is 2.16. The molecule has 94 valence electrons. The third-order valence-electron chi connectivity index (χ3n) is 2.63. The van der Waals surface area contributed by atoms with E-state index in [9.17, 15) is 18.8 Å². The Morgan fingerprint density at radius 1 is 1.28 bits per heavy atom. The summed E-state index contributed by atoms with van der Waals surface area (Å²) in [6.45, 7) is 1.25. The van der Waals surface area contributed by atoms with Crippen molar-refractivity contribution in [2.75, 3.05) is 18.0 Å². The zero-order valence-corrected chi connectivity index (χ0v) is 9.70. The average Bonchev–Trinajstić information content (AvgIpc) is 2.27. The number of carbonyl (C=O) groups excluding carboxylic acids is 3. The van der Waals surface area contributed by atoms with Gasteiger partial charge in [0.15, 0.2) is 5.78 Å². The van der Waals surface area contributed by atoms with E-state index in [2.05, 4.69) is 5.32 Å². The number of ketones is 1. The van der Waals surface area contributed by atoms with E-state index in [1.807, 2.05) is 0 Å². The van der Waals surface area contributed by atoms with Crippen LogP contribution in [-0.4, -0.2) is 30.7 Å². The number of rotatable bonds is 2. The number of Topliss-reactive ketones (excluding diaryl/α,β-unsaturated/α-hetero) is 1. The molecule has 1 fully saturated rings. The van der Waals surface area contributed by atoms with Crippen LogP contribution in [0.5, 0.6) is 0 Å². The van der Waals surface area contributed by atoms with Crippen LogP contribution in [0.3, 0.4) is 0 Å². The molecule has 0 aliphatic carbocycles. The number of amides is 2. The van der Waals surface area contributed by atoms with Crippen molar-refractivity contribution in [2.45, 2.75) is 6.92 Å². The van der Waals surface area contributed by atoms with Crippen molar-refractivity contribution in [2.24, 2.45) is 0 Å². The normalized spacial score (nSPS) is 15.6. The third-order valence-corrected chi connectivity index (χ3v) is 2.63. The van der Waals surface area contributed by atoms with Gasteiger partial charge in [0.05, 0.1) is 13.1 Å². The lowest BCUT2D eigenvalue weighted by Gasteiger charge is -2.28. The van der Waals surface area contributed by atoms with Crippen molar-refractivity contribution in [3.05, 3.63) is 29.6 Å². The van der Waals surface area contributed by atoms with Crippen molar-refractivity contribution in [3.63, 3.8) is 0 Å². The van der Waals surface area contributed by atoms with Crippen molar-refractivity contribution >= 4 is 23.3 Å². The maximum atomic E-state index is 13.1. The molecule has 0 spiro atoms. The Bertz CT molecular complexity index is 526. The lowest BCUT2D eigenvalue weighted by molar-refractivity contribution is -0.130. The molecule has 5 nitrogen and oxygen atoms in total. The van der Waals surface area contributed by atoms with E-state index in [-0.39, 0.29) is 24.4 Å². The van der Waals surface area contributed by atoms with E-state index in [0.29, 0.717) is 5.69 Å². The summed E-state index contributed by atoms with van der Waals surface area (Å²) in [5.74, 6) is -1.73. The van der Waals surface area contributed by atoms with E-state index in [0.717, 1.165) is 6.07 Å². The lowest BCUT2D eigenvalue weighted by atomic mass is 10.1. The molecule has 0 aromatic heterocycles. The van der Waals surface area contributed by atoms with Crippen LogP contribution in [-0.2, 0) is 9.59 Å². The summed E-state index contributed by atoms with van der Waals surface area (Å²) in [4.78, 5) is 35.4. The molecule has 18 heavy (non-hydrogen) atoms. The van der Waals surface area contributed by atoms with Gasteiger partial charge in [-0.3, -0.25) is 19.7 Å². The predicted molar refractivity (Wildman–Crippen MR) is 61.8 cm³/mol. The summed E-state index contributed by atoms with van der Waals surface area (Å²) >= 11 is 0. The molecular weight excluding hydrogens is 239 g/mol. The van der Waals surface area contributed by atoms with E-state index >= 15 is 0 Å². The van der Waals surface area contributed by atoms with Crippen LogP contribution in [0.25, 0.3) is 0 Å². The summed E-state index contributed by atoms with van der Waals surface area (Å²) in [7, 11) is 0. The van der Waals surface area contributed by atoms with Crippen LogP contribution >= 0.6 is 0 Å². The molecule has 2 amide bonds. The maximum Gasteiger partial charge on any atom is 0.246 e. The number of halogens is 1. The Labute approximate surface area is 103 Å². The Morgan fingerprint density at radius 2 is 1.89 bits per heavy atom. The highest BCUT2D eigenvalue weighted by Gasteiger charge is 2.25. The molecule has 6 heteroatoms. The number of benzene rings is 1. The second-order valence-electron chi connectivity index (χ2n) is 4.05.